The van der Waals surface area contributed by atoms with Crippen molar-refractivity contribution < 1.29 is 38.4 Å². The van der Waals surface area contributed by atoms with E-state index in [-0.39, 0.29) is 25.4 Å². The Balaban J connectivity index is 5.30. The molecule has 32 heavy (non-hydrogen) atoms. The predicted molar refractivity (Wildman–Crippen MR) is 121 cm³/mol. The molecule has 0 fully saturated rings. The van der Waals surface area contributed by atoms with Crippen LogP contribution in [0, 0.1) is 23.2 Å². The van der Waals surface area contributed by atoms with Crippen LogP contribution in [0.3, 0.4) is 0 Å². The van der Waals surface area contributed by atoms with E-state index in [2.05, 4.69) is 5.32 Å². The SMILES string of the molecule is CCC(C(N)=O)C(C=O)C(CC(C)(C)C(=O)NC[N+](C)(C)CC(O)C[N+](C)(C)C)C(=O)O. The highest BCUT2D eigenvalue weighted by molar-refractivity contribution is 5.85. The zero-order valence-corrected chi connectivity index (χ0v) is 20.9. The fourth-order valence-electron chi connectivity index (χ4n) is 4.01. The number of aliphatic hydroxyl groups excluding tert-OH is 1. The molecule has 0 aromatic rings. The highest BCUT2D eigenvalue weighted by Crippen LogP contribution is 2.33. The number of rotatable bonds is 15. The standard InChI is InChI=1S/C22H42N4O6/c1-9-16(19(23)29)18(13-27)17(20(30)31)10-22(2,3)21(32)24-14-26(7,8)12-15(28)11-25(4,5)6/h13,15-18,28H,9-12,14H2,1-8H3,(H2-2,23,24,29,30,31,32)/p+2. The summed E-state index contributed by atoms with van der Waals surface area (Å²) >= 11 is 0. The van der Waals surface area contributed by atoms with Gasteiger partial charge in [-0.1, -0.05) is 20.8 Å². The van der Waals surface area contributed by atoms with E-state index in [4.69, 9.17) is 5.73 Å². The van der Waals surface area contributed by atoms with Crippen LogP contribution >= 0.6 is 0 Å². The monoisotopic (exact) mass is 460 g/mol. The Kier molecular flexibility index (Phi) is 11.0. The zero-order valence-electron chi connectivity index (χ0n) is 20.9. The summed E-state index contributed by atoms with van der Waals surface area (Å²) in [4.78, 5) is 48.2. The Labute approximate surface area is 191 Å². The number of amides is 2. The molecule has 10 nitrogen and oxygen atoms in total. The van der Waals surface area contributed by atoms with Gasteiger partial charge in [0.25, 0.3) is 0 Å². The van der Waals surface area contributed by atoms with Gasteiger partial charge in [0.2, 0.25) is 11.8 Å². The molecule has 186 valence electrons. The lowest BCUT2D eigenvalue weighted by Crippen LogP contribution is -2.56. The maximum Gasteiger partial charge on any atom is 0.307 e. The number of quaternary nitrogens is 2. The van der Waals surface area contributed by atoms with Crippen molar-refractivity contribution in [1.82, 2.24) is 5.32 Å². The molecule has 0 heterocycles. The quantitative estimate of drug-likeness (QED) is 0.149. The van der Waals surface area contributed by atoms with Gasteiger partial charge in [-0.15, -0.1) is 0 Å². The number of likely N-dealkylation sites (N-methyl/N-ethyl adjacent to an activating group) is 2. The van der Waals surface area contributed by atoms with E-state index in [1.165, 1.54) is 0 Å². The first-order valence-electron chi connectivity index (χ1n) is 10.9. The van der Waals surface area contributed by atoms with E-state index in [9.17, 15) is 29.4 Å². The molecule has 0 aromatic carbocycles. The van der Waals surface area contributed by atoms with Gasteiger partial charge in [-0.25, -0.2) is 0 Å². The van der Waals surface area contributed by atoms with Crippen LogP contribution in [0.2, 0.25) is 0 Å². The van der Waals surface area contributed by atoms with Gasteiger partial charge in [0, 0.05) is 17.3 Å². The summed E-state index contributed by atoms with van der Waals surface area (Å²) < 4.78 is 0.945. The average molecular weight is 461 g/mol. The molecule has 0 bridgehead atoms. The third-order valence-corrected chi connectivity index (χ3v) is 5.68. The molecule has 5 N–H and O–H groups in total. The van der Waals surface area contributed by atoms with Gasteiger partial charge in [-0.3, -0.25) is 14.4 Å². The van der Waals surface area contributed by atoms with E-state index in [0.29, 0.717) is 28.3 Å². The van der Waals surface area contributed by atoms with Crippen LogP contribution < -0.4 is 11.1 Å². The second-order valence-corrected chi connectivity index (χ2v) is 11.1. The topological polar surface area (TPSA) is 147 Å². The summed E-state index contributed by atoms with van der Waals surface area (Å²) in [6.07, 6.45) is 0.00954. The van der Waals surface area contributed by atoms with Gasteiger partial charge < -0.3 is 35.0 Å². The molecule has 4 unspecified atom stereocenters. The minimum atomic E-state index is -1.25. The number of carboxylic acids is 1. The molecule has 0 spiro atoms. The molecule has 0 aliphatic carbocycles. The Bertz CT molecular complexity index is 672. The molecular weight excluding hydrogens is 416 g/mol. The number of nitrogens with zero attached hydrogens (tertiary/aromatic N) is 2. The molecule has 2 amide bonds. The number of carbonyl (C=O) groups excluding carboxylic acids is 3. The summed E-state index contributed by atoms with van der Waals surface area (Å²) in [5, 5.41) is 22.9. The third-order valence-electron chi connectivity index (χ3n) is 5.68. The third kappa shape index (κ3) is 10.1. The maximum absolute atomic E-state index is 12.9. The van der Waals surface area contributed by atoms with Crippen LogP contribution in [0.15, 0.2) is 0 Å². The summed E-state index contributed by atoms with van der Waals surface area (Å²) in [6.45, 7) is 6.11. The predicted octanol–water partition coefficient (Wildman–Crippen LogP) is -0.353. The summed E-state index contributed by atoms with van der Waals surface area (Å²) in [5.74, 6) is -5.59. The Morgan fingerprint density at radius 2 is 1.59 bits per heavy atom. The van der Waals surface area contributed by atoms with Crippen LogP contribution in [0.1, 0.15) is 33.6 Å². The van der Waals surface area contributed by atoms with E-state index in [1.54, 1.807) is 20.8 Å². The van der Waals surface area contributed by atoms with Gasteiger partial charge in [0.05, 0.1) is 41.2 Å². The smallest absolute Gasteiger partial charge is 0.307 e. The van der Waals surface area contributed by atoms with Gasteiger partial charge in [0.1, 0.15) is 19.4 Å². The molecule has 0 saturated heterocycles. The number of aliphatic carboxylic acids is 1. The number of carbonyl (C=O) groups is 4. The molecule has 0 aromatic heterocycles. The van der Waals surface area contributed by atoms with Gasteiger partial charge in [-0.2, -0.15) is 0 Å². The Morgan fingerprint density at radius 1 is 1.06 bits per heavy atom. The van der Waals surface area contributed by atoms with E-state index >= 15 is 0 Å². The fourth-order valence-corrected chi connectivity index (χ4v) is 4.01. The lowest BCUT2D eigenvalue weighted by Gasteiger charge is -2.36. The second-order valence-electron chi connectivity index (χ2n) is 11.1. The molecule has 0 radical (unpaired) electrons. The number of aldehydes is 1. The Hall–Kier alpha value is -2.04. The van der Waals surface area contributed by atoms with Crippen molar-refractivity contribution in [3.63, 3.8) is 0 Å². The van der Waals surface area contributed by atoms with Crippen molar-refractivity contribution in [3.05, 3.63) is 0 Å². The molecule has 0 aliphatic heterocycles. The lowest BCUT2D eigenvalue weighted by molar-refractivity contribution is -0.908. The van der Waals surface area contributed by atoms with Crippen molar-refractivity contribution in [3.8, 4) is 0 Å². The van der Waals surface area contributed by atoms with Crippen molar-refractivity contribution in [2.45, 2.75) is 39.7 Å². The van der Waals surface area contributed by atoms with Crippen molar-refractivity contribution >= 4 is 24.1 Å². The van der Waals surface area contributed by atoms with E-state index in [0.717, 1.165) is 0 Å². The first-order chi connectivity index (χ1) is 14.4. The van der Waals surface area contributed by atoms with Gasteiger partial charge >= 0.3 is 5.97 Å². The highest BCUT2D eigenvalue weighted by atomic mass is 16.4. The zero-order chi connectivity index (χ0) is 25.5. The average Bonchev–Trinajstić information content (AvgIpc) is 2.59. The first-order valence-corrected chi connectivity index (χ1v) is 10.9. The van der Waals surface area contributed by atoms with Crippen molar-refractivity contribution in [2.75, 3.05) is 55.0 Å². The number of aliphatic hydroxyl groups is 1. The molecule has 0 aliphatic rings. The van der Waals surface area contributed by atoms with Crippen LogP contribution in [0.5, 0.6) is 0 Å². The van der Waals surface area contributed by atoms with Crippen LogP contribution in [0.25, 0.3) is 0 Å². The normalized spacial score (nSPS) is 16.5. The first kappa shape index (κ1) is 30.0. The largest absolute Gasteiger partial charge is 0.481 e. The molecule has 0 rings (SSSR count). The summed E-state index contributed by atoms with van der Waals surface area (Å²) in [6, 6.07) is 0. The molecule has 4 atom stereocenters. The lowest BCUT2D eigenvalue weighted by atomic mass is 9.72. The fraction of sp³-hybridized carbons (Fsp3) is 0.818. The van der Waals surface area contributed by atoms with E-state index < -0.39 is 41.1 Å². The summed E-state index contributed by atoms with van der Waals surface area (Å²) in [5.41, 5.74) is 4.26. The molecule has 10 heteroatoms. The van der Waals surface area contributed by atoms with Crippen molar-refractivity contribution in [2.24, 2.45) is 28.9 Å². The van der Waals surface area contributed by atoms with Gasteiger partial charge in [-0.05, 0) is 12.8 Å². The minimum Gasteiger partial charge on any atom is -0.481 e. The van der Waals surface area contributed by atoms with Crippen molar-refractivity contribution in [1.29, 1.82) is 0 Å². The number of primary amides is 1. The van der Waals surface area contributed by atoms with Crippen LogP contribution in [-0.4, -0.2) is 104 Å². The number of nitrogens with two attached hydrogens (primary N) is 1. The number of hydrogen-bond acceptors (Lipinski definition) is 5. The Morgan fingerprint density at radius 3 is 1.97 bits per heavy atom. The number of carboxylic acid groups (broad SMARTS) is 1. The van der Waals surface area contributed by atoms with Crippen LogP contribution in [0.4, 0.5) is 0 Å². The summed E-state index contributed by atoms with van der Waals surface area (Å²) in [7, 11) is 9.72. The van der Waals surface area contributed by atoms with Gasteiger partial charge in [0.15, 0.2) is 12.8 Å². The van der Waals surface area contributed by atoms with E-state index in [1.807, 2.05) is 35.2 Å². The number of nitrogens with one attached hydrogen (secondary N) is 1. The highest BCUT2D eigenvalue weighted by Gasteiger charge is 2.42. The maximum atomic E-state index is 12.9. The second kappa shape index (κ2) is 11.7. The number of hydrogen-bond donors (Lipinski definition) is 4. The molecule has 0 saturated carbocycles. The molecular formula is C22H44N4O6+2. The minimum absolute atomic E-state index is 0.126. The van der Waals surface area contributed by atoms with Crippen LogP contribution in [-0.2, 0) is 19.2 Å².